The SMILES string of the molecule is O=P1(Oc2ccccc2Cc2ccccc2O)Oc2ccccc2Cc2ccccc2O1. The minimum Gasteiger partial charge on any atom is -0.508 e. The lowest BCUT2D eigenvalue weighted by Gasteiger charge is -2.25. The maximum atomic E-state index is 13.9. The van der Waals surface area contributed by atoms with Crippen molar-refractivity contribution in [1.82, 2.24) is 0 Å². The molecule has 0 saturated heterocycles. The van der Waals surface area contributed by atoms with E-state index in [2.05, 4.69) is 0 Å². The molecule has 0 radical (unpaired) electrons. The van der Waals surface area contributed by atoms with Gasteiger partial charge in [0.25, 0.3) is 0 Å². The van der Waals surface area contributed by atoms with Gasteiger partial charge in [0.05, 0.1) is 0 Å². The molecule has 4 aromatic carbocycles. The van der Waals surface area contributed by atoms with Gasteiger partial charge >= 0.3 is 7.82 Å². The van der Waals surface area contributed by atoms with Gasteiger partial charge in [0.1, 0.15) is 23.0 Å². The summed E-state index contributed by atoms with van der Waals surface area (Å²) in [5.41, 5.74) is 3.28. The summed E-state index contributed by atoms with van der Waals surface area (Å²) in [5, 5.41) is 10.2. The van der Waals surface area contributed by atoms with Crippen LogP contribution in [-0.4, -0.2) is 5.11 Å². The van der Waals surface area contributed by atoms with E-state index in [9.17, 15) is 9.67 Å². The average Bonchev–Trinajstić information content (AvgIpc) is 2.78. The van der Waals surface area contributed by atoms with Gasteiger partial charge in [0.2, 0.25) is 0 Å². The van der Waals surface area contributed by atoms with Crippen LogP contribution in [0.15, 0.2) is 97.1 Å². The first-order valence-electron chi connectivity index (χ1n) is 10.3. The molecular weight excluding hydrogens is 423 g/mol. The Labute approximate surface area is 186 Å². The van der Waals surface area contributed by atoms with Gasteiger partial charge in [0, 0.05) is 12.8 Å². The van der Waals surface area contributed by atoms with Crippen LogP contribution in [-0.2, 0) is 17.4 Å². The van der Waals surface area contributed by atoms with Crippen LogP contribution in [0.25, 0.3) is 0 Å². The van der Waals surface area contributed by atoms with Crippen molar-refractivity contribution < 1.29 is 23.2 Å². The summed E-state index contributed by atoms with van der Waals surface area (Å²) in [6.07, 6.45) is 0.992. The van der Waals surface area contributed by atoms with E-state index < -0.39 is 7.82 Å². The fourth-order valence-corrected chi connectivity index (χ4v) is 5.07. The molecule has 0 amide bonds. The third-order valence-corrected chi connectivity index (χ3v) is 6.56. The van der Waals surface area contributed by atoms with Crippen molar-refractivity contribution in [1.29, 1.82) is 0 Å². The molecule has 1 aliphatic heterocycles. The van der Waals surface area contributed by atoms with E-state index in [0.717, 1.165) is 22.3 Å². The van der Waals surface area contributed by atoms with Crippen LogP contribution < -0.4 is 13.6 Å². The van der Waals surface area contributed by atoms with Crippen molar-refractivity contribution in [2.75, 3.05) is 0 Å². The normalized spacial score (nSPS) is 14.0. The Bertz CT molecular complexity index is 1270. The lowest BCUT2D eigenvalue weighted by molar-refractivity contribution is 0.293. The van der Waals surface area contributed by atoms with Crippen LogP contribution in [0.1, 0.15) is 22.3 Å². The van der Waals surface area contributed by atoms with Crippen LogP contribution in [0.2, 0.25) is 0 Å². The largest absolute Gasteiger partial charge is 0.647 e. The van der Waals surface area contributed by atoms with Crippen LogP contribution in [0, 0.1) is 0 Å². The highest BCUT2D eigenvalue weighted by Gasteiger charge is 2.36. The topological polar surface area (TPSA) is 65.0 Å². The zero-order valence-electron chi connectivity index (χ0n) is 17.2. The van der Waals surface area contributed by atoms with Gasteiger partial charge in [-0.15, -0.1) is 0 Å². The second kappa shape index (κ2) is 8.45. The Hall–Kier alpha value is -3.69. The van der Waals surface area contributed by atoms with E-state index in [1.807, 2.05) is 60.7 Å². The van der Waals surface area contributed by atoms with Crippen LogP contribution in [0.4, 0.5) is 0 Å². The van der Waals surface area contributed by atoms with Gasteiger partial charge < -0.3 is 18.7 Å². The number of aromatic hydroxyl groups is 1. The Balaban J connectivity index is 1.53. The van der Waals surface area contributed by atoms with Crippen molar-refractivity contribution in [2.24, 2.45) is 0 Å². The molecule has 6 heteroatoms. The maximum Gasteiger partial charge on any atom is 0.647 e. The van der Waals surface area contributed by atoms with Crippen molar-refractivity contribution in [3.8, 4) is 23.0 Å². The molecule has 1 aliphatic rings. The molecule has 0 spiro atoms. The summed E-state index contributed by atoms with van der Waals surface area (Å²) in [7, 11) is -4.08. The predicted molar refractivity (Wildman–Crippen MR) is 123 cm³/mol. The lowest BCUT2D eigenvalue weighted by Crippen LogP contribution is -2.12. The molecule has 0 aliphatic carbocycles. The minimum absolute atomic E-state index is 0.190. The van der Waals surface area contributed by atoms with Crippen LogP contribution in [0.5, 0.6) is 23.0 Å². The summed E-state index contributed by atoms with van der Waals surface area (Å²) in [6, 6.07) is 29.2. The number of fused-ring (bicyclic) bond motifs is 2. The lowest BCUT2D eigenvalue weighted by atomic mass is 10.0. The molecule has 160 valence electrons. The smallest absolute Gasteiger partial charge is 0.508 e. The highest BCUT2D eigenvalue weighted by molar-refractivity contribution is 7.49. The van der Waals surface area contributed by atoms with Crippen molar-refractivity contribution in [3.63, 3.8) is 0 Å². The fraction of sp³-hybridized carbons (Fsp3) is 0.0769. The number of phenols is 1. The summed E-state index contributed by atoms with van der Waals surface area (Å²) < 4.78 is 31.6. The summed E-state index contributed by atoms with van der Waals surface area (Å²) in [6.45, 7) is 0. The molecular formula is C26H21O5P. The third-order valence-electron chi connectivity index (χ3n) is 5.30. The van der Waals surface area contributed by atoms with Crippen molar-refractivity contribution in [2.45, 2.75) is 12.8 Å². The number of rotatable bonds is 4. The molecule has 1 heterocycles. The number of phosphoric ester groups is 1. The Morgan fingerprint density at radius 2 is 1.25 bits per heavy atom. The van der Waals surface area contributed by atoms with Gasteiger partial charge in [-0.2, -0.15) is 4.57 Å². The van der Waals surface area contributed by atoms with E-state index in [1.165, 1.54) is 0 Å². The van der Waals surface area contributed by atoms with Crippen molar-refractivity contribution >= 4 is 7.82 Å². The van der Waals surface area contributed by atoms with Crippen molar-refractivity contribution in [3.05, 3.63) is 119 Å². The molecule has 0 atom stereocenters. The Kier molecular flexibility index (Phi) is 5.34. The highest BCUT2D eigenvalue weighted by Crippen LogP contribution is 2.53. The van der Waals surface area contributed by atoms with E-state index in [1.54, 1.807) is 36.4 Å². The highest BCUT2D eigenvalue weighted by atomic mass is 31.2. The molecule has 0 bridgehead atoms. The number of phosphoric acid groups is 1. The van der Waals surface area contributed by atoms with E-state index in [0.29, 0.717) is 30.1 Å². The third kappa shape index (κ3) is 4.20. The number of benzene rings is 4. The second-order valence-electron chi connectivity index (χ2n) is 7.53. The summed E-state index contributed by atoms with van der Waals surface area (Å²) >= 11 is 0. The Morgan fingerprint density at radius 3 is 1.91 bits per heavy atom. The number of phenolic OH excluding ortho intramolecular Hbond substituents is 1. The van der Waals surface area contributed by atoms with Crippen LogP contribution in [0.3, 0.4) is 0 Å². The average molecular weight is 444 g/mol. The fourth-order valence-electron chi connectivity index (χ4n) is 3.70. The van der Waals surface area contributed by atoms with Gasteiger partial charge in [-0.3, -0.25) is 0 Å². The molecule has 0 saturated carbocycles. The standard InChI is InChI=1S/C26H21O5P/c27-23-13-5-1-9-19(23)17-20-10-2-6-14-24(20)29-32(28)30-25-15-7-3-11-21(25)18-22-12-4-8-16-26(22)31-32/h1-16,27H,17-18H2. The molecule has 0 aromatic heterocycles. The molecule has 5 nitrogen and oxygen atoms in total. The molecule has 0 unspecified atom stereocenters. The molecule has 5 rings (SSSR count). The molecule has 32 heavy (non-hydrogen) atoms. The van der Waals surface area contributed by atoms with Gasteiger partial charge in [-0.1, -0.05) is 72.8 Å². The van der Waals surface area contributed by atoms with E-state index in [4.69, 9.17) is 13.6 Å². The Morgan fingerprint density at radius 1 is 0.719 bits per heavy atom. The number of para-hydroxylation sites is 4. The second-order valence-corrected chi connectivity index (χ2v) is 8.97. The summed E-state index contributed by atoms with van der Waals surface area (Å²) in [4.78, 5) is 0. The van der Waals surface area contributed by atoms with Gasteiger partial charge in [0.15, 0.2) is 0 Å². The monoisotopic (exact) mass is 444 g/mol. The van der Waals surface area contributed by atoms with Gasteiger partial charge in [-0.05, 0) is 46.5 Å². The molecule has 0 fully saturated rings. The van der Waals surface area contributed by atoms with E-state index in [-0.39, 0.29) is 5.75 Å². The molecule has 1 N–H and O–H groups in total. The maximum absolute atomic E-state index is 13.9. The predicted octanol–water partition coefficient (Wildman–Crippen LogP) is 6.53. The number of hydrogen-bond acceptors (Lipinski definition) is 5. The first-order valence-corrected chi connectivity index (χ1v) is 11.8. The molecule has 4 aromatic rings. The van der Waals surface area contributed by atoms with Gasteiger partial charge in [-0.25, -0.2) is 0 Å². The zero-order chi connectivity index (χ0) is 22.0. The van der Waals surface area contributed by atoms with E-state index >= 15 is 0 Å². The zero-order valence-corrected chi connectivity index (χ0v) is 18.1. The summed E-state index contributed by atoms with van der Waals surface area (Å²) in [5.74, 6) is 1.48. The minimum atomic E-state index is -4.08. The quantitative estimate of drug-likeness (QED) is 0.363. The van der Waals surface area contributed by atoms with Crippen LogP contribution >= 0.6 is 7.82 Å². The first kappa shape index (κ1) is 20.2. The number of hydrogen-bond donors (Lipinski definition) is 1. The first-order chi connectivity index (χ1) is 15.6.